The minimum atomic E-state index is -0.268. The molecule has 170 valence electrons. The minimum Gasteiger partial charge on any atom is -0.378 e. The van der Waals surface area contributed by atoms with E-state index in [-0.39, 0.29) is 24.3 Å². The number of hydrogen-bond donors (Lipinski definition) is 2. The molecule has 3 aromatic rings. The summed E-state index contributed by atoms with van der Waals surface area (Å²) in [6.07, 6.45) is 0.410. The number of aryl methyl sites for hydroxylation is 1. The summed E-state index contributed by atoms with van der Waals surface area (Å²) in [5, 5.41) is 4.39. The summed E-state index contributed by atoms with van der Waals surface area (Å²) in [5.74, 6) is 0.282. The summed E-state index contributed by atoms with van der Waals surface area (Å²) in [5.41, 5.74) is 6.05. The van der Waals surface area contributed by atoms with Gasteiger partial charge < -0.3 is 9.64 Å². The number of nitrogens with zero attached hydrogens (tertiary/aromatic N) is 3. The summed E-state index contributed by atoms with van der Waals surface area (Å²) in [6, 6.07) is 19.4. The quantitative estimate of drug-likeness (QED) is 0.430. The highest BCUT2D eigenvalue weighted by molar-refractivity contribution is 6.13. The first-order valence-corrected chi connectivity index (χ1v) is 11.0. The van der Waals surface area contributed by atoms with Crippen LogP contribution in [0.15, 0.2) is 70.6 Å². The van der Waals surface area contributed by atoms with E-state index in [1.54, 1.807) is 6.92 Å². The zero-order chi connectivity index (χ0) is 23.0. The first-order chi connectivity index (χ1) is 16.1. The Bertz CT molecular complexity index is 1130. The summed E-state index contributed by atoms with van der Waals surface area (Å²) in [7, 11) is 0. The van der Waals surface area contributed by atoms with Gasteiger partial charge in [0.1, 0.15) is 0 Å². The second-order valence-corrected chi connectivity index (χ2v) is 7.78. The van der Waals surface area contributed by atoms with Crippen LogP contribution in [0.4, 0.5) is 5.95 Å². The van der Waals surface area contributed by atoms with Gasteiger partial charge in [-0.2, -0.15) is 5.10 Å². The molecule has 1 saturated heterocycles. The Morgan fingerprint density at radius 1 is 1.06 bits per heavy atom. The lowest BCUT2D eigenvalue weighted by molar-refractivity contribution is -0.121. The molecule has 0 bridgehead atoms. The van der Waals surface area contributed by atoms with E-state index in [2.05, 4.69) is 20.5 Å². The first-order valence-electron chi connectivity index (χ1n) is 11.0. The third kappa shape index (κ3) is 5.72. The van der Waals surface area contributed by atoms with Crippen molar-refractivity contribution in [3.8, 4) is 0 Å². The lowest BCUT2D eigenvalue weighted by atomic mass is 10.0. The molecule has 1 aliphatic rings. The lowest BCUT2D eigenvalue weighted by Crippen LogP contribution is -2.38. The molecule has 0 radical (unpaired) electrons. The average Bonchev–Trinajstić information content (AvgIpc) is 2.85. The molecule has 2 aromatic carbocycles. The molecule has 2 heterocycles. The predicted molar refractivity (Wildman–Crippen MR) is 128 cm³/mol. The highest BCUT2D eigenvalue weighted by Crippen LogP contribution is 2.12. The van der Waals surface area contributed by atoms with Crippen molar-refractivity contribution < 1.29 is 9.53 Å². The van der Waals surface area contributed by atoms with Crippen LogP contribution < -0.4 is 15.9 Å². The van der Waals surface area contributed by atoms with E-state index in [4.69, 9.17) is 4.74 Å². The summed E-state index contributed by atoms with van der Waals surface area (Å²) >= 11 is 0. The molecule has 0 aliphatic carbocycles. The highest BCUT2D eigenvalue weighted by Gasteiger charge is 2.17. The van der Waals surface area contributed by atoms with Crippen LogP contribution in [0.3, 0.4) is 0 Å². The van der Waals surface area contributed by atoms with Crippen LogP contribution in [0.25, 0.3) is 0 Å². The molecule has 0 atom stereocenters. The molecule has 1 aliphatic heterocycles. The van der Waals surface area contributed by atoms with Gasteiger partial charge in [-0.15, -0.1) is 0 Å². The van der Waals surface area contributed by atoms with Crippen LogP contribution >= 0.6 is 0 Å². The van der Waals surface area contributed by atoms with Crippen LogP contribution in [0.5, 0.6) is 0 Å². The molecule has 1 aromatic heterocycles. The number of carbonyl (C=O) groups excluding carboxylic acids is 1. The summed E-state index contributed by atoms with van der Waals surface area (Å²) < 4.78 is 5.35. The SMILES string of the molecule is Cc1nc(N2CCOCC2)[nH]c(=O)c1CCC(=O)NN=C(c1ccccc1)c1ccccc1. The van der Waals surface area contributed by atoms with Crippen LogP contribution in [0.1, 0.15) is 28.8 Å². The van der Waals surface area contributed by atoms with Crippen molar-refractivity contribution in [2.75, 3.05) is 31.2 Å². The average molecular weight is 446 g/mol. The molecular formula is C25H27N5O3. The Morgan fingerprint density at radius 3 is 2.24 bits per heavy atom. The number of ether oxygens (including phenoxy) is 1. The van der Waals surface area contributed by atoms with Crippen molar-refractivity contribution in [3.05, 3.63) is 93.4 Å². The third-order valence-corrected chi connectivity index (χ3v) is 5.51. The number of aromatic amines is 1. The first kappa shape index (κ1) is 22.4. The van der Waals surface area contributed by atoms with Gasteiger partial charge in [-0.1, -0.05) is 60.7 Å². The van der Waals surface area contributed by atoms with E-state index in [9.17, 15) is 9.59 Å². The van der Waals surface area contributed by atoms with E-state index in [1.165, 1.54) is 0 Å². The summed E-state index contributed by atoms with van der Waals surface area (Å²) in [6.45, 7) is 4.40. The topological polar surface area (TPSA) is 99.7 Å². The molecule has 1 fully saturated rings. The molecule has 0 saturated carbocycles. The molecular weight excluding hydrogens is 418 g/mol. The fourth-order valence-electron chi connectivity index (χ4n) is 3.72. The number of nitrogens with one attached hydrogen (secondary N) is 2. The Hall–Kier alpha value is -3.78. The van der Waals surface area contributed by atoms with E-state index < -0.39 is 0 Å². The maximum atomic E-state index is 12.6. The van der Waals surface area contributed by atoms with Gasteiger partial charge in [0.2, 0.25) is 11.9 Å². The normalized spacial score (nSPS) is 13.4. The molecule has 8 heteroatoms. The monoisotopic (exact) mass is 445 g/mol. The van der Waals surface area contributed by atoms with Crippen molar-refractivity contribution in [2.24, 2.45) is 5.10 Å². The Morgan fingerprint density at radius 2 is 1.67 bits per heavy atom. The largest absolute Gasteiger partial charge is 0.378 e. The number of amides is 1. The van der Waals surface area contributed by atoms with Crippen LogP contribution in [0.2, 0.25) is 0 Å². The van der Waals surface area contributed by atoms with Crippen molar-refractivity contribution in [1.29, 1.82) is 0 Å². The number of anilines is 1. The molecule has 8 nitrogen and oxygen atoms in total. The van der Waals surface area contributed by atoms with E-state index in [0.717, 1.165) is 11.1 Å². The molecule has 1 amide bonds. The van der Waals surface area contributed by atoms with Crippen LogP contribution in [-0.4, -0.2) is 47.9 Å². The fraction of sp³-hybridized carbons (Fsp3) is 0.280. The number of carbonyl (C=O) groups is 1. The minimum absolute atomic E-state index is 0.128. The van der Waals surface area contributed by atoms with Gasteiger partial charge in [-0.05, 0) is 13.3 Å². The van der Waals surface area contributed by atoms with E-state index in [0.29, 0.717) is 49.2 Å². The van der Waals surface area contributed by atoms with Gasteiger partial charge >= 0.3 is 0 Å². The Kier molecular flexibility index (Phi) is 7.26. The Balaban J connectivity index is 1.44. The number of H-pyrrole nitrogens is 1. The van der Waals surface area contributed by atoms with Gasteiger partial charge in [0.25, 0.3) is 5.56 Å². The zero-order valence-corrected chi connectivity index (χ0v) is 18.6. The van der Waals surface area contributed by atoms with Gasteiger partial charge in [-0.25, -0.2) is 10.4 Å². The molecule has 33 heavy (non-hydrogen) atoms. The van der Waals surface area contributed by atoms with Crippen molar-refractivity contribution >= 4 is 17.6 Å². The number of hydrogen-bond acceptors (Lipinski definition) is 6. The molecule has 2 N–H and O–H groups in total. The molecule has 0 unspecified atom stereocenters. The smallest absolute Gasteiger partial charge is 0.255 e. The highest BCUT2D eigenvalue weighted by atomic mass is 16.5. The molecule has 4 rings (SSSR count). The number of morpholine rings is 1. The number of hydrazone groups is 1. The van der Waals surface area contributed by atoms with Crippen molar-refractivity contribution in [3.63, 3.8) is 0 Å². The number of benzene rings is 2. The van der Waals surface area contributed by atoms with E-state index >= 15 is 0 Å². The van der Waals surface area contributed by atoms with Gasteiger partial charge in [0.15, 0.2) is 0 Å². The van der Waals surface area contributed by atoms with E-state index in [1.807, 2.05) is 65.6 Å². The van der Waals surface area contributed by atoms with Gasteiger partial charge in [0, 0.05) is 41.9 Å². The predicted octanol–water partition coefficient (Wildman–Crippen LogP) is 2.42. The maximum absolute atomic E-state index is 12.6. The second-order valence-electron chi connectivity index (χ2n) is 7.78. The van der Waals surface area contributed by atoms with Crippen molar-refractivity contribution in [1.82, 2.24) is 15.4 Å². The van der Waals surface area contributed by atoms with Gasteiger partial charge in [0.05, 0.1) is 18.9 Å². The second kappa shape index (κ2) is 10.7. The Labute approximate surface area is 192 Å². The van der Waals surface area contributed by atoms with Crippen LogP contribution in [-0.2, 0) is 16.0 Å². The standard InChI is InChI=1S/C25H27N5O3/c1-18-21(24(32)27-25(26-18)30-14-16-33-17-15-30)12-13-22(31)28-29-23(19-8-4-2-5-9-19)20-10-6-3-7-11-20/h2-11H,12-17H2,1H3,(H,28,31)(H,26,27,32). The number of aromatic nitrogens is 2. The maximum Gasteiger partial charge on any atom is 0.255 e. The lowest BCUT2D eigenvalue weighted by Gasteiger charge is -2.27. The van der Waals surface area contributed by atoms with Gasteiger partial charge in [-0.3, -0.25) is 14.6 Å². The third-order valence-electron chi connectivity index (χ3n) is 5.51. The fourth-order valence-corrected chi connectivity index (χ4v) is 3.72. The number of rotatable bonds is 7. The zero-order valence-electron chi connectivity index (χ0n) is 18.6. The van der Waals surface area contributed by atoms with Crippen LogP contribution in [0, 0.1) is 6.92 Å². The van der Waals surface area contributed by atoms with Crippen molar-refractivity contribution in [2.45, 2.75) is 19.8 Å². The summed E-state index contributed by atoms with van der Waals surface area (Å²) in [4.78, 5) is 34.6. The molecule has 0 spiro atoms.